The number of carbonyl (C=O) groups is 2. The van der Waals surface area contributed by atoms with Gasteiger partial charge in [-0.25, -0.2) is 0 Å². The van der Waals surface area contributed by atoms with E-state index in [2.05, 4.69) is 15.5 Å². The van der Waals surface area contributed by atoms with Crippen molar-refractivity contribution in [3.8, 4) is 0 Å². The van der Waals surface area contributed by atoms with E-state index in [1.54, 1.807) is 6.07 Å². The van der Waals surface area contributed by atoms with E-state index in [9.17, 15) is 9.59 Å². The number of hydrogen-bond acceptors (Lipinski definition) is 4. The smallest absolute Gasteiger partial charge is 0.228 e. The number of anilines is 1. The van der Waals surface area contributed by atoms with E-state index in [-0.39, 0.29) is 17.7 Å². The number of fused-ring (bicyclic) bond motifs is 1. The van der Waals surface area contributed by atoms with E-state index < -0.39 is 0 Å². The van der Waals surface area contributed by atoms with Gasteiger partial charge in [-0.05, 0) is 30.8 Å². The van der Waals surface area contributed by atoms with Crippen molar-refractivity contribution in [3.63, 3.8) is 0 Å². The Labute approximate surface area is 112 Å². The molecular formula is C14H17N3O2. The Morgan fingerprint density at radius 2 is 2.26 bits per heavy atom. The molecule has 1 aromatic rings. The van der Waals surface area contributed by atoms with Gasteiger partial charge < -0.3 is 10.6 Å². The number of rotatable bonds is 2. The molecule has 5 heteroatoms. The predicted octanol–water partition coefficient (Wildman–Crippen LogP) is 0.267. The largest absolute Gasteiger partial charge is 0.326 e. The molecule has 3 rings (SSSR count). The Morgan fingerprint density at radius 3 is 3.05 bits per heavy atom. The van der Waals surface area contributed by atoms with Gasteiger partial charge in [0.1, 0.15) is 0 Å². The molecule has 2 heterocycles. The number of carbonyl (C=O) groups excluding carboxylic acids is 2. The van der Waals surface area contributed by atoms with Crippen LogP contribution in [0, 0.1) is 0 Å². The van der Waals surface area contributed by atoms with Gasteiger partial charge in [-0.15, -0.1) is 0 Å². The number of amides is 1. The van der Waals surface area contributed by atoms with Gasteiger partial charge in [0.05, 0.1) is 12.5 Å². The third-order valence-corrected chi connectivity index (χ3v) is 3.83. The number of ketones is 1. The summed E-state index contributed by atoms with van der Waals surface area (Å²) in [6.07, 6.45) is 0.370. The second kappa shape index (κ2) is 4.75. The molecule has 1 amide bonds. The molecule has 1 aromatic carbocycles. The lowest BCUT2D eigenvalue weighted by Crippen LogP contribution is -2.53. The molecule has 2 aliphatic heterocycles. The topological polar surface area (TPSA) is 61.4 Å². The molecule has 1 unspecified atom stereocenters. The summed E-state index contributed by atoms with van der Waals surface area (Å²) < 4.78 is 0. The fraction of sp³-hybridized carbons (Fsp3) is 0.429. The predicted molar refractivity (Wildman–Crippen MR) is 72.4 cm³/mol. The van der Waals surface area contributed by atoms with Gasteiger partial charge in [0, 0.05) is 30.9 Å². The fourth-order valence-electron chi connectivity index (χ4n) is 2.67. The molecular weight excluding hydrogens is 242 g/mol. The Hall–Kier alpha value is -1.72. The monoisotopic (exact) mass is 259 g/mol. The maximum absolute atomic E-state index is 12.5. The highest BCUT2D eigenvalue weighted by Gasteiger charge is 2.28. The van der Waals surface area contributed by atoms with Crippen LogP contribution in [0.25, 0.3) is 0 Å². The second-order valence-electron chi connectivity index (χ2n) is 5.16. The van der Waals surface area contributed by atoms with Crippen LogP contribution in [0.15, 0.2) is 18.2 Å². The van der Waals surface area contributed by atoms with Crippen LogP contribution in [0.3, 0.4) is 0 Å². The Kier molecular flexibility index (Phi) is 3.08. The lowest BCUT2D eigenvalue weighted by atomic mass is 9.99. The summed E-state index contributed by atoms with van der Waals surface area (Å²) in [5, 5.41) is 6.03. The van der Waals surface area contributed by atoms with Gasteiger partial charge in [-0.3, -0.25) is 14.5 Å². The van der Waals surface area contributed by atoms with Gasteiger partial charge in [0.2, 0.25) is 5.91 Å². The molecule has 0 radical (unpaired) electrons. The summed E-state index contributed by atoms with van der Waals surface area (Å²) in [4.78, 5) is 25.9. The van der Waals surface area contributed by atoms with E-state index in [1.807, 2.05) is 19.2 Å². The molecule has 2 aliphatic rings. The summed E-state index contributed by atoms with van der Waals surface area (Å²) in [6, 6.07) is 5.36. The van der Waals surface area contributed by atoms with Crippen molar-refractivity contribution < 1.29 is 9.59 Å². The first-order valence-corrected chi connectivity index (χ1v) is 6.53. The third kappa shape index (κ3) is 2.27. The quantitative estimate of drug-likeness (QED) is 0.748. The van der Waals surface area contributed by atoms with Crippen molar-refractivity contribution >= 4 is 17.4 Å². The van der Waals surface area contributed by atoms with Crippen LogP contribution in [0.1, 0.15) is 15.9 Å². The average Bonchev–Trinajstić information content (AvgIpc) is 2.77. The van der Waals surface area contributed by atoms with Crippen LogP contribution in [-0.2, 0) is 11.2 Å². The average molecular weight is 259 g/mol. The first kappa shape index (κ1) is 12.3. The van der Waals surface area contributed by atoms with Crippen LogP contribution in [-0.4, -0.2) is 49.3 Å². The number of Topliss-reactive ketones (excluding diaryl/α,β-unsaturated/α-hetero) is 1. The number of hydrogen-bond donors (Lipinski definition) is 2. The lowest BCUT2D eigenvalue weighted by molar-refractivity contribution is -0.115. The van der Waals surface area contributed by atoms with Gasteiger partial charge in [0.15, 0.2) is 5.78 Å². The van der Waals surface area contributed by atoms with Gasteiger partial charge in [0.25, 0.3) is 0 Å². The molecule has 0 aromatic heterocycles. The van der Waals surface area contributed by atoms with Crippen molar-refractivity contribution in [1.82, 2.24) is 10.2 Å². The van der Waals surface area contributed by atoms with Crippen LogP contribution < -0.4 is 10.6 Å². The van der Waals surface area contributed by atoms with E-state index in [4.69, 9.17) is 0 Å². The highest BCUT2D eigenvalue weighted by atomic mass is 16.2. The zero-order valence-corrected chi connectivity index (χ0v) is 10.9. The van der Waals surface area contributed by atoms with Crippen molar-refractivity contribution in [2.45, 2.75) is 12.5 Å². The molecule has 1 saturated heterocycles. The fourth-order valence-corrected chi connectivity index (χ4v) is 2.67. The summed E-state index contributed by atoms with van der Waals surface area (Å²) in [5.41, 5.74) is 2.44. The summed E-state index contributed by atoms with van der Waals surface area (Å²) in [7, 11) is 1.97. The first-order valence-electron chi connectivity index (χ1n) is 6.53. The zero-order chi connectivity index (χ0) is 13.4. The highest BCUT2D eigenvalue weighted by Crippen LogP contribution is 2.24. The summed E-state index contributed by atoms with van der Waals surface area (Å²) in [6.45, 7) is 2.48. The Morgan fingerprint density at radius 1 is 1.42 bits per heavy atom. The maximum atomic E-state index is 12.5. The summed E-state index contributed by atoms with van der Waals surface area (Å²) in [5.74, 6) is 0.118. The molecule has 0 spiro atoms. The number of nitrogens with one attached hydrogen (secondary N) is 2. The van der Waals surface area contributed by atoms with Gasteiger partial charge >= 0.3 is 0 Å². The van der Waals surface area contributed by atoms with E-state index in [1.165, 1.54) is 0 Å². The first-order chi connectivity index (χ1) is 9.15. The third-order valence-electron chi connectivity index (χ3n) is 3.83. The number of nitrogens with zero attached hydrogens (tertiary/aromatic N) is 1. The van der Waals surface area contributed by atoms with E-state index in [0.717, 1.165) is 24.3 Å². The van der Waals surface area contributed by atoms with E-state index >= 15 is 0 Å². The minimum atomic E-state index is -0.114. The number of piperazine rings is 1. The minimum Gasteiger partial charge on any atom is -0.326 e. The Bertz CT molecular complexity index is 541. The molecule has 5 nitrogen and oxygen atoms in total. The lowest BCUT2D eigenvalue weighted by Gasteiger charge is -2.31. The van der Waals surface area contributed by atoms with E-state index in [0.29, 0.717) is 18.5 Å². The van der Waals surface area contributed by atoms with Crippen LogP contribution in [0.5, 0.6) is 0 Å². The normalized spacial score (nSPS) is 23.0. The van der Waals surface area contributed by atoms with Crippen molar-refractivity contribution in [3.05, 3.63) is 29.3 Å². The molecule has 0 bridgehead atoms. The standard InChI is InChI=1S/C14H17N3O2/c1-17-5-4-15-8-12(17)14(19)9-2-3-11-10(6-9)7-13(18)16-11/h2-3,6,12,15H,4-5,7-8H2,1H3,(H,16,18). The van der Waals surface area contributed by atoms with Crippen molar-refractivity contribution in [2.24, 2.45) is 0 Å². The van der Waals surface area contributed by atoms with Gasteiger partial charge in [-0.2, -0.15) is 0 Å². The van der Waals surface area contributed by atoms with Crippen LogP contribution in [0.2, 0.25) is 0 Å². The minimum absolute atomic E-state index is 0.00366. The molecule has 0 saturated carbocycles. The molecule has 0 aliphatic carbocycles. The summed E-state index contributed by atoms with van der Waals surface area (Å²) >= 11 is 0. The zero-order valence-electron chi connectivity index (χ0n) is 10.9. The van der Waals surface area contributed by atoms with Crippen LogP contribution >= 0.6 is 0 Å². The number of likely N-dealkylation sites (N-methyl/N-ethyl adjacent to an activating group) is 1. The highest BCUT2D eigenvalue weighted by molar-refractivity contribution is 6.04. The number of benzene rings is 1. The maximum Gasteiger partial charge on any atom is 0.228 e. The molecule has 100 valence electrons. The van der Waals surface area contributed by atoms with Crippen molar-refractivity contribution in [2.75, 3.05) is 32.0 Å². The molecule has 19 heavy (non-hydrogen) atoms. The molecule has 2 N–H and O–H groups in total. The molecule has 1 fully saturated rings. The Balaban J connectivity index is 1.84. The van der Waals surface area contributed by atoms with Gasteiger partial charge in [-0.1, -0.05) is 0 Å². The SMILES string of the molecule is CN1CCNCC1C(=O)c1ccc2c(c1)CC(=O)N2. The van der Waals surface area contributed by atoms with Crippen LogP contribution in [0.4, 0.5) is 5.69 Å². The van der Waals surface area contributed by atoms with Crippen molar-refractivity contribution in [1.29, 1.82) is 0 Å². The second-order valence-corrected chi connectivity index (χ2v) is 5.16. The molecule has 1 atom stereocenters.